The van der Waals surface area contributed by atoms with Crippen molar-refractivity contribution in [2.24, 2.45) is 5.73 Å². The Morgan fingerprint density at radius 3 is 2.60 bits per heavy atom. The highest BCUT2D eigenvalue weighted by molar-refractivity contribution is 5.92. The van der Waals surface area contributed by atoms with Crippen molar-refractivity contribution in [3.05, 3.63) is 59.6 Å². The van der Waals surface area contributed by atoms with Gasteiger partial charge in [-0.15, -0.1) is 0 Å². The highest BCUT2D eigenvalue weighted by Crippen LogP contribution is 2.29. The molecule has 1 aromatic carbocycles. The van der Waals surface area contributed by atoms with Gasteiger partial charge in [0.05, 0.1) is 17.9 Å². The molecule has 7 heteroatoms. The summed E-state index contributed by atoms with van der Waals surface area (Å²) in [5.74, 6) is 0.0866. The lowest BCUT2D eigenvalue weighted by Gasteiger charge is -2.13. The number of para-hydroxylation sites is 1. The number of carbonyl (C=O) groups excluding carboxylic acids is 2. The molecule has 0 aliphatic rings. The number of rotatable bonds is 4. The molecule has 0 unspecified atom stereocenters. The van der Waals surface area contributed by atoms with E-state index in [0.717, 1.165) is 16.5 Å². The molecule has 0 saturated heterocycles. The Morgan fingerprint density at radius 1 is 1.20 bits per heavy atom. The first-order valence-corrected chi connectivity index (χ1v) is 7.77. The minimum absolute atomic E-state index is 0.136. The van der Waals surface area contributed by atoms with E-state index in [1.54, 1.807) is 6.07 Å². The molecule has 0 fully saturated rings. The summed E-state index contributed by atoms with van der Waals surface area (Å²) in [6, 6.07) is 10.0. The highest BCUT2D eigenvalue weighted by Gasteiger charge is 2.18. The molecule has 1 atom stereocenters. The summed E-state index contributed by atoms with van der Waals surface area (Å²) < 4.78 is 5.85. The van der Waals surface area contributed by atoms with Crippen molar-refractivity contribution in [1.29, 1.82) is 0 Å². The predicted octanol–water partition coefficient (Wildman–Crippen LogP) is 3.12. The Balaban J connectivity index is 1.69. The van der Waals surface area contributed by atoms with Crippen LogP contribution in [-0.4, -0.2) is 16.9 Å². The maximum absolute atomic E-state index is 12.2. The number of nitrogens with zero attached hydrogens (tertiary/aromatic N) is 1. The van der Waals surface area contributed by atoms with Gasteiger partial charge in [0.25, 0.3) is 5.91 Å². The van der Waals surface area contributed by atoms with Crippen molar-refractivity contribution >= 4 is 28.6 Å². The minimum Gasteiger partial charge on any atom is -0.459 e. The number of primary amides is 1. The normalized spacial score (nSPS) is 11.9. The van der Waals surface area contributed by atoms with E-state index in [0.29, 0.717) is 11.4 Å². The Labute approximate surface area is 144 Å². The number of amides is 3. The summed E-state index contributed by atoms with van der Waals surface area (Å²) >= 11 is 0. The van der Waals surface area contributed by atoms with Gasteiger partial charge in [-0.1, -0.05) is 18.2 Å². The third kappa shape index (κ3) is 3.45. The van der Waals surface area contributed by atoms with Gasteiger partial charge in [0.1, 0.15) is 17.0 Å². The maximum atomic E-state index is 12.2. The van der Waals surface area contributed by atoms with Gasteiger partial charge in [0.15, 0.2) is 0 Å². The van der Waals surface area contributed by atoms with Crippen molar-refractivity contribution in [3.63, 3.8) is 0 Å². The lowest BCUT2D eigenvalue weighted by atomic mass is 10.1. The van der Waals surface area contributed by atoms with Crippen molar-refractivity contribution < 1.29 is 14.0 Å². The van der Waals surface area contributed by atoms with E-state index in [9.17, 15) is 9.59 Å². The molecule has 2 heterocycles. The molecule has 0 bridgehead atoms. The number of fused-ring (bicyclic) bond motifs is 1. The van der Waals surface area contributed by atoms with Crippen molar-refractivity contribution in [2.75, 3.05) is 5.32 Å². The first kappa shape index (κ1) is 16.5. The quantitative estimate of drug-likeness (QED) is 0.678. The summed E-state index contributed by atoms with van der Waals surface area (Å²) in [6.07, 6.45) is 1.37. The fraction of sp³-hybridized carbons (Fsp3) is 0.167. The Hall–Kier alpha value is -3.35. The Kier molecular flexibility index (Phi) is 4.38. The zero-order valence-electron chi connectivity index (χ0n) is 13.9. The van der Waals surface area contributed by atoms with Crippen molar-refractivity contribution in [3.8, 4) is 0 Å². The molecule has 0 spiro atoms. The van der Waals surface area contributed by atoms with Crippen LogP contribution < -0.4 is 16.4 Å². The molecule has 0 aliphatic carbocycles. The van der Waals surface area contributed by atoms with E-state index in [1.807, 2.05) is 38.1 Å². The SMILES string of the molecule is Cc1c([C@H](C)NC(=O)Nc2ccc(C(N)=O)nc2)oc2ccccc12. The number of hydrogen-bond donors (Lipinski definition) is 3. The molecule has 0 aliphatic heterocycles. The smallest absolute Gasteiger partial charge is 0.319 e. The third-order valence-electron chi connectivity index (χ3n) is 3.90. The molecule has 25 heavy (non-hydrogen) atoms. The van der Waals surface area contributed by atoms with Crippen LogP contribution >= 0.6 is 0 Å². The van der Waals surface area contributed by atoms with E-state index < -0.39 is 11.9 Å². The van der Waals surface area contributed by atoms with Crippen LogP contribution in [0.4, 0.5) is 10.5 Å². The average molecular weight is 338 g/mol. The Bertz CT molecular complexity index is 931. The number of anilines is 1. The number of urea groups is 1. The number of benzene rings is 1. The maximum Gasteiger partial charge on any atom is 0.319 e. The monoisotopic (exact) mass is 338 g/mol. The first-order valence-electron chi connectivity index (χ1n) is 7.77. The van der Waals surface area contributed by atoms with Gasteiger partial charge in [0, 0.05) is 10.9 Å². The van der Waals surface area contributed by atoms with Gasteiger partial charge in [-0.25, -0.2) is 9.78 Å². The summed E-state index contributed by atoms with van der Waals surface area (Å²) in [5, 5.41) is 6.50. The molecule has 128 valence electrons. The predicted molar refractivity (Wildman–Crippen MR) is 94.3 cm³/mol. The molecule has 4 N–H and O–H groups in total. The number of pyridine rings is 1. The topological polar surface area (TPSA) is 110 Å². The summed E-state index contributed by atoms with van der Waals surface area (Å²) in [6.45, 7) is 3.81. The number of aromatic nitrogens is 1. The molecule has 2 aromatic heterocycles. The van der Waals surface area contributed by atoms with E-state index in [-0.39, 0.29) is 11.7 Å². The highest BCUT2D eigenvalue weighted by atomic mass is 16.3. The number of hydrogen-bond acceptors (Lipinski definition) is 4. The van der Waals surface area contributed by atoms with E-state index >= 15 is 0 Å². The van der Waals surface area contributed by atoms with Crippen LogP contribution in [0.15, 0.2) is 47.0 Å². The molecule has 0 saturated carbocycles. The first-order chi connectivity index (χ1) is 12.0. The largest absolute Gasteiger partial charge is 0.459 e. The zero-order valence-corrected chi connectivity index (χ0v) is 13.9. The zero-order chi connectivity index (χ0) is 18.0. The number of nitrogens with two attached hydrogens (primary N) is 1. The second-order valence-electron chi connectivity index (χ2n) is 5.70. The average Bonchev–Trinajstić information content (AvgIpc) is 2.92. The number of furan rings is 1. The van der Waals surface area contributed by atoms with Crippen LogP contribution in [0.3, 0.4) is 0 Å². The van der Waals surface area contributed by atoms with Crippen molar-refractivity contribution in [2.45, 2.75) is 19.9 Å². The van der Waals surface area contributed by atoms with Crippen LogP contribution in [0, 0.1) is 6.92 Å². The van der Waals surface area contributed by atoms with Crippen LogP contribution in [0.5, 0.6) is 0 Å². The van der Waals surface area contributed by atoms with Gasteiger partial charge in [-0.05, 0) is 32.0 Å². The summed E-state index contributed by atoms with van der Waals surface area (Å²) in [7, 11) is 0. The van der Waals surface area contributed by atoms with Crippen molar-refractivity contribution in [1.82, 2.24) is 10.3 Å². The fourth-order valence-corrected chi connectivity index (χ4v) is 2.65. The number of aryl methyl sites for hydroxylation is 1. The third-order valence-corrected chi connectivity index (χ3v) is 3.90. The molecule has 0 radical (unpaired) electrons. The molecule has 3 aromatic rings. The summed E-state index contributed by atoms with van der Waals surface area (Å²) in [5.41, 5.74) is 7.50. The minimum atomic E-state index is -0.620. The second kappa shape index (κ2) is 6.64. The molecular formula is C18H18N4O3. The van der Waals surface area contributed by atoms with Crippen LogP contribution in [0.2, 0.25) is 0 Å². The number of nitrogens with one attached hydrogen (secondary N) is 2. The lowest BCUT2D eigenvalue weighted by Crippen LogP contribution is -2.31. The molecule has 7 nitrogen and oxygen atoms in total. The summed E-state index contributed by atoms with van der Waals surface area (Å²) in [4.78, 5) is 27.0. The lowest BCUT2D eigenvalue weighted by molar-refractivity contribution is 0.0995. The second-order valence-corrected chi connectivity index (χ2v) is 5.70. The standard InChI is InChI=1S/C18H18N4O3/c1-10-13-5-3-4-6-15(13)25-16(10)11(2)21-18(24)22-12-7-8-14(17(19)23)20-9-12/h3-9,11H,1-2H3,(H2,19,23)(H2,21,22,24)/t11-/m0/s1. The van der Waals surface area contributed by atoms with Gasteiger partial charge in [-0.3, -0.25) is 4.79 Å². The van der Waals surface area contributed by atoms with E-state index in [4.69, 9.17) is 10.2 Å². The molecule has 3 rings (SSSR count). The van der Waals surface area contributed by atoms with Gasteiger partial charge in [-0.2, -0.15) is 0 Å². The fourth-order valence-electron chi connectivity index (χ4n) is 2.65. The van der Waals surface area contributed by atoms with Gasteiger partial charge >= 0.3 is 6.03 Å². The molecule has 3 amide bonds. The van der Waals surface area contributed by atoms with Crippen LogP contribution in [0.25, 0.3) is 11.0 Å². The van der Waals surface area contributed by atoms with Gasteiger partial charge in [0.2, 0.25) is 0 Å². The van der Waals surface area contributed by atoms with Crippen LogP contribution in [-0.2, 0) is 0 Å². The number of carbonyl (C=O) groups is 2. The van der Waals surface area contributed by atoms with E-state index in [2.05, 4.69) is 15.6 Å². The molecular weight excluding hydrogens is 320 g/mol. The van der Waals surface area contributed by atoms with Crippen LogP contribution in [0.1, 0.15) is 34.8 Å². The van der Waals surface area contributed by atoms with Gasteiger partial charge < -0.3 is 20.8 Å². The van der Waals surface area contributed by atoms with E-state index in [1.165, 1.54) is 12.3 Å². The Morgan fingerprint density at radius 2 is 1.96 bits per heavy atom.